The minimum absolute atomic E-state index is 0.276. The lowest BCUT2D eigenvalue weighted by Gasteiger charge is -2.04. The summed E-state index contributed by atoms with van der Waals surface area (Å²) < 4.78 is 25.4. The van der Waals surface area contributed by atoms with Crippen molar-refractivity contribution in [3.8, 4) is 0 Å². The molecule has 0 aliphatic carbocycles. The summed E-state index contributed by atoms with van der Waals surface area (Å²) in [6.45, 7) is -0.277. The molecular formula is C9H10N2O6S. The number of benzene rings is 1. The molecule has 0 saturated carbocycles. The Bertz CT molecular complexity index is 568. The van der Waals surface area contributed by atoms with Crippen LogP contribution >= 0.6 is 0 Å². The monoisotopic (exact) mass is 274 g/mol. The minimum atomic E-state index is -3.93. The van der Waals surface area contributed by atoms with Gasteiger partial charge >= 0.3 is 5.97 Å². The van der Waals surface area contributed by atoms with Gasteiger partial charge in [-0.15, -0.1) is 0 Å². The highest BCUT2D eigenvalue weighted by molar-refractivity contribution is 7.89. The van der Waals surface area contributed by atoms with E-state index in [-0.39, 0.29) is 23.5 Å². The highest BCUT2D eigenvalue weighted by atomic mass is 32.2. The highest BCUT2D eigenvalue weighted by Crippen LogP contribution is 2.16. The number of carbonyl (C=O) groups is 1. The van der Waals surface area contributed by atoms with Crippen molar-refractivity contribution in [1.82, 2.24) is 4.72 Å². The average molecular weight is 274 g/mol. The van der Waals surface area contributed by atoms with Crippen molar-refractivity contribution in [2.24, 2.45) is 0 Å². The van der Waals surface area contributed by atoms with Crippen LogP contribution in [0.2, 0.25) is 0 Å². The molecule has 0 unspecified atom stereocenters. The summed E-state index contributed by atoms with van der Waals surface area (Å²) in [5.74, 6) is -1.14. The molecule has 0 radical (unpaired) electrons. The average Bonchev–Trinajstić information content (AvgIpc) is 2.28. The Morgan fingerprint density at radius 2 is 2.11 bits per heavy atom. The molecule has 1 aromatic rings. The van der Waals surface area contributed by atoms with Crippen LogP contribution in [0.15, 0.2) is 29.2 Å². The number of nitrogens with one attached hydrogen (secondary N) is 1. The zero-order valence-corrected chi connectivity index (χ0v) is 9.88. The summed E-state index contributed by atoms with van der Waals surface area (Å²) in [5, 5.41) is 18.9. The van der Waals surface area contributed by atoms with Crippen LogP contribution in [0.5, 0.6) is 0 Å². The van der Waals surface area contributed by atoms with Crippen LogP contribution in [-0.4, -0.2) is 31.0 Å². The first kappa shape index (κ1) is 14.1. The zero-order valence-electron chi connectivity index (χ0n) is 9.07. The molecule has 0 atom stereocenters. The molecule has 9 heteroatoms. The molecule has 0 spiro atoms. The molecule has 0 fully saturated rings. The van der Waals surface area contributed by atoms with Gasteiger partial charge in [-0.25, -0.2) is 13.1 Å². The van der Waals surface area contributed by atoms with Crippen molar-refractivity contribution in [3.63, 3.8) is 0 Å². The molecule has 0 amide bonds. The molecule has 1 rings (SSSR count). The van der Waals surface area contributed by atoms with Crippen LogP contribution in [0.3, 0.4) is 0 Å². The lowest BCUT2D eigenvalue weighted by atomic mass is 10.3. The van der Waals surface area contributed by atoms with E-state index in [0.717, 1.165) is 12.1 Å². The van der Waals surface area contributed by atoms with Gasteiger partial charge in [-0.2, -0.15) is 0 Å². The highest BCUT2D eigenvalue weighted by Gasteiger charge is 2.17. The van der Waals surface area contributed by atoms with Gasteiger partial charge < -0.3 is 5.11 Å². The largest absolute Gasteiger partial charge is 0.481 e. The molecule has 2 N–H and O–H groups in total. The van der Waals surface area contributed by atoms with Crippen LogP contribution in [0.1, 0.15) is 6.42 Å². The maximum absolute atomic E-state index is 11.7. The second-order valence-electron chi connectivity index (χ2n) is 3.30. The third-order valence-corrected chi connectivity index (χ3v) is 3.43. The van der Waals surface area contributed by atoms with E-state index in [4.69, 9.17) is 5.11 Å². The first-order valence-electron chi connectivity index (χ1n) is 4.79. The molecule has 1 aromatic carbocycles. The summed E-state index contributed by atoms with van der Waals surface area (Å²) in [6, 6.07) is 4.50. The summed E-state index contributed by atoms with van der Waals surface area (Å²) in [6.07, 6.45) is -0.367. The van der Waals surface area contributed by atoms with Gasteiger partial charge in [0.2, 0.25) is 10.0 Å². The number of hydrogen-bond donors (Lipinski definition) is 2. The van der Waals surface area contributed by atoms with Crippen LogP contribution in [0, 0.1) is 10.1 Å². The predicted molar refractivity (Wildman–Crippen MR) is 60.5 cm³/mol. The quantitative estimate of drug-likeness (QED) is 0.569. The number of sulfonamides is 1. The zero-order chi connectivity index (χ0) is 13.8. The van der Waals surface area contributed by atoms with Gasteiger partial charge in [-0.1, -0.05) is 6.07 Å². The van der Waals surface area contributed by atoms with E-state index >= 15 is 0 Å². The lowest BCUT2D eigenvalue weighted by molar-refractivity contribution is -0.385. The smallest absolute Gasteiger partial charge is 0.304 e. The standard InChI is InChI=1S/C9H10N2O6S/c12-9(13)4-5-10-18(16,17)8-3-1-2-7(6-8)11(14)15/h1-3,6,10H,4-5H2,(H,12,13). The Morgan fingerprint density at radius 1 is 1.44 bits per heavy atom. The third-order valence-electron chi connectivity index (χ3n) is 1.97. The fourth-order valence-corrected chi connectivity index (χ4v) is 2.21. The number of carboxylic acids is 1. The predicted octanol–water partition coefficient (Wildman–Crippen LogP) is 0.348. The Labute approximate surface area is 102 Å². The summed E-state index contributed by atoms with van der Waals surface area (Å²) in [4.78, 5) is 19.7. The van der Waals surface area contributed by atoms with Crippen LogP contribution < -0.4 is 4.72 Å². The van der Waals surface area contributed by atoms with E-state index in [2.05, 4.69) is 0 Å². The molecule has 0 aliphatic heterocycles. The Balaban J connectivity index is 2.88. The Morgan fingerprint density at radius 3 is 2.67 bits per heavy atom. The number of rotatable bonds is 6. The van der Waals surface area contributed by atoms with Crippen molar-refractivity contribution in [1.29, 1.82) is 0 Å². The molecule has 0 bridgehead atoms. The number of aliphatic carboxylic acids is 1. The van der Waals surface area contributed by atoms with Crippen LogP contribution in [-0.2, 0) is 14.8 Å². The number of nitro benzene ring substituents is 1. The van der Waals surface area contributed by atoms with E-state index in [1.165, 1.54) is 12.1 Å². The summed E-state index contributed by atoms with van der Waals surface area (Å²) in [5.41, 5.74) is -0.351. The maximum atomic E-state index is 11.7. The maximum Gasteiger partial charge on any atom is 0.304 e. The van der Waals surface area contributed by atoms with Gasteiger partial charge in [0.1, 0.15) is 0 Å². The normalized spacial score (nSPS) is 11.1. The SMILES string of the molecule is O=C(O)CCNS(=O)(=O)c1cccc([N+](=O)[O-])c1. The molecule has 18 heavy (non-hydrogen) atoms. The molecule has 0 saturated heterocycles. The van der Waals surface area contributed by atoms with Crippen LogP contribution in [0.25, 0.3) is 0 Å². The van der Waals surface area contributed by atoms with Gasteiger partial charge in [0.25, 0.3) is 5.69 Å². The first-order valence-corrected chi connectivity index (χ1v) is 6.27. The van der Waals surface area contributed by atoms with Gasteiger partial charge in [-0.3, -0.25) is 14.9 Å². The fourth-order valence-electron chi connectivity index (χ4n) is 1.14. The lowest BCUT2D eigenvalue weighted by Crippen LogP contribution is -2.26. The van der Waals surface area contributed by atoms with Gasteiger partial charge in [0, 0.05) is 18.7 Å². The topological polar surface area (TPSA) is 127 Å². The number of carboxylic acid groups (broad SMARTS) is 1. The van der Waals surface area contributed by atoms with Crippen molar-refractivity contribution in [2.75, 3.05) is 6.54 Å². The van der Waals surface area contributed by atoms with Crippen molar-refractivity contribution in [2.45, 2.75) is 11.3 Å². The summed E-state index contributed by atoms with van der Waals surface area (Å²) in [7, 11) is -3.93. The van der Waals surface area contributed by atoms with Gasteiger partial charge in [0.15, 0.2) is 0 Å². The second kappa shape index (κ2) is 5.56. The van der Waals surface area contributed by atoms with Crippen molar-refractivity contribution in [3.05, 3.63) is 34.4 Å². The minimum Gasteiger partial charge on any atom is -0.481 e. The number of hydrogen-bond acceptors (Lipinski definition) is 5. The molecule has 8 nitrogen and oxygen atoms in total. The molecule has 0 aromatic heterocycles. The van der Waals surface area contributed by atoms with Gasteiger partial charge in [0.05, 0.1) is 16.2 Å². The molecule has 98 valence electrons. The second-order valence-corrected chi connectivity index (χ2v) is 5.06. The van der Waals surface area contributed by atoms with Crippen molar-refractivity contribution >= 4 is 21.7 Å². The number of nitro groups is 1. The van der Waals surface area contributed by atoms with Gasteiger partial charge in [-0.05, 0) is 6.07 Å². The van der Waals surface area contributed by atoms with Crippen LogP contribution in [0.4, 0.5) is 5.69 Å². The van der Waals surface area contributed by atoms with E-state index in [0.29, 0.717) is 0 Å². The molecule has 0 aliphatic rings. The Kier molecular flexibility index (Phi) is 4.34. The van der Waals surface area contributed by atoms with Crippen molar-refractivity contribution < 1.29 is 23.2 Å². The first-order chi connectivity index (χ1) is 8.33. The number of nitrogens with zero attached hydrogens (tertiary/aromatic N) is 1. The van der Waals surface area contributed by atoms with E-state index in [1.807, 2.05) is 4.72 Å². The van der Waals surface area contributed by atoms with E-state index in [9.17, 15) is 23.3 Å². The van der Waals surface area contributed by atoms with E-state index < -0.39 is 20.9 Å². The fraction of sp³-hybridized carbons (Fsp3) is 0.222. The number of non-ortho nitro benzene ring substituents is 1. The molecule has 0 heterocycles. The van der Waals surface area contributed by atoms with E-state index in [1.54, 1.807) is 0 Å². The molecular weight excluding hydrogens is 264 g/mol. The third kappa shape index (κ3) is 3.79. The summed E-state index contributed by atoms with van der Waals surface area (Å²) >= 11 is 0. The Hall–Kier alpha value is -2.00.